The highest BCUT2D eigenvalue weighted by atomic mass is 16.5. The molecule has 6 nitrogen and oxygen atoms in total. The fourth-order valence-electron chi connectivity index (χ4n) is 1.44. The number of carbonyl (C=O) groups excluding carboxylic acids is 1. The van der Waals surface area contributed by atoms with E-state index in [-0.39, 0.29) is 11.6 Å². The Morgan fingerprint density at radius 2 is 2.00 bits per heavy atom. The number of methoxy groups -OCH3 is 3. The van der Waals surface area contributed by atoms with Crippen LogP contribution in [-0.4, -0.2) is 40.4 Å². The summed E-state index contributed by atoms with van der Waals surface area (Å²) in [5.74, 6) is 0.630. The number of nitrogens with two attached hydrogens (primary N) is 1. The van der Waals surface area contributed by atoms with Gasteiger partial charge in [-0.15, -0.1) is 0 Å². The van der Waals surface area contributed by atoms with Gasteiger partial charge >= 0.3 is 0 Å². The van der Waals surface area contributed by atoms with Gasteiger partial charge in [0, 0.05) is 19.7 Å². The first-order valence-electron chi connectivity index (χ1n) is 5.42. The van der Waals surface area contributed by atoms with Gasteiger partial charge in [0.1, 0.15) is 11.5 Å². The summed E-state index contributed by atoms with van der Waals surface area (Å²) >= 11 is 0. The summed E-state index contributed by atoms with van der Waals surface area (Å²) in [6, 6.07) is 3.20. The minimum atomic E-state index is -0.290. The highest BCUT2D eigenvalue weighted by Crippen LogP contribution is 2.30. The largest absolute Gasteiger partial charge is 0.497 e. The standard InChI is InChI=1S/C12H18N2O4/c1-16-5-4-14-12(15)9-6-8(17-2)7-10(18-3)11(9)13/h6-7H,4-5,13H2,1-3H3,(H,14,15). The molecule has 0 heterocycles. The van der Waals surface area contributed by atoms with E-state index in [0.29, 0.717) is 30.2 Å². The zero-order valence-electron chi connectivity index (χ0n) is 10.8. The van der Waals surface area contributed by atoms with E-state index in [4.69, 9.17) is 19.9 Å². The third kappa shape index (κ3) is 3.27. The normalized spacial score (nSPS) is 9.94. The van der Waals surface area contributed by atoms with Gasteiger partial charge in [0.15, 0.2) is 0 Å². The molecule has 0 aliphatic rings. The van der Waals surface area contributed by atoms with Crippen LogP contribution in [0.25, 0.3) is 0 Å². The highest BCUT2D eigenvalue weighted by Gasteiger charge is 2.15. The van der Waals surface area contributed by atoms with Crippen LogP contribution < -0.4 is 20.5 Å². The Labute approximate surface area is 106 Å². The zero-order chi connectivity index (χ0) is 13.5. The smallest absolute Gasteiger partial charge is 0.253 e. The average molecular weight is 254 g/mol. The topological polar surface area (TPSA) is 82.8 Å². The molecule has 1 amide bonds. The van der Waals surface area contributed by atoms with Crippen LogP contribution in [0.2, 0.25) is 0 Å². The Bertz CT molecular complexity index is 421. The minimum Gasteiger partial charge on any atom is -0.497 e. The first kappa shape index (κ1) is 14.1. The second-order valence-electron chi connectivity index (χ2n) is 3.54. The maximum absolute atomic E-state index is 11.9. The molecule has 0 saturated carbocycles. The van der Waals surface area contributed by atoms with Gasteiger partial charge in [-0.2, -0.15) is 0 Å². The third-order valence-electron chi connectivity index (χ3n) is 2.41. The van der Waals surface area contributed by atoms with Crippen molar-refractivity contribution in [3.8, 4) is 11.5 Å². The lowest BCUT2D eigenvalue weighted by atomic mass is 10.1. The number of amides is 1. The van der Waals surface area contributed by atoms with E-state index in [9.17, 15) is 4.79 Å². The fraction of sp³-hybridized carbons (Fsp3) is 0.417. The van der Waals surface area contributed by atoms with Crippen LogP contribution in [-0.2, 0) is 4.74 Å². The number of anilines is 1. The molecule has 1 rings (SSSR count). The van der Waals surface area contributed by atoms with E-state index in [0.717, 1.165) is 0 Å². The van der Waals surface area contributed by atoms with Gasteiger partial charge in [0.2, 0.25) is 0 Å². The molecular weight excluding hydrogens is 236 g/mol. The van der Waals surface area contributed by atoms with Gasteiger partial charge in [0.05, 0.1) is 32.1 Å². The van der Waals surface area contributed by atoms with Crippen LogP contribution in [0, 0.1) is 0 Å². The van der Waals surface area contributed by atoms with Crippen LogP contribution in [0.5, 0.6) is 11.5 Å². The Hall–Kier alpha value is -1.95. The van der Waals surface area contributed by atoms with Crippen molar-refractivity contribution in [2.45, 2.75) is 0 Å². The van der Waals surface area contributed by atoms with Crippen molar-refractivity contribution in [2.24, 2.45) is 0 Å². The zero-order valence-corrected chi connectivity index (χ0v) is 10.8. The van der Waals surface area contributed by atoms with Crippen molar-refractivity contribution >= 4 is 11.6 Å². The van der Waals surface area contributed by atoms with Gasteiger partial charge in [0.25, 0.3) is 5.91 Å². The number of ether oxygens (including phenoxy) is 3. The predicted octanol–water partition coefficient (Wildman–Crippen LogP) is 0.662. The summed E-state index contributed by atoms with van der Waals surface area (Å²) in [6.45, 7) is 0.848. The van der Waals surface area contributed by atoms with Crippen LogP contribution in [0.15, 0.2) is 12.1 Å². The highest BCUT2D eigenvalue weighted by molar-refractivity contribution is 6.00. The van der Waals surface area contributed by atoms with Crippen molar-refractivity contribution in [2.75, 3.05) is 40.2 Å². The molecule has 6 heteroatoms. The second kappa shape index (κ2) is 6.70. The molecule has 0 aromatic heterocycles. The number of hydrogen-bond acceptors (Lipinski definition) is 5. The number of benzene rings is 1. The third-order valence-corrected chi connectivity index (χ3v) is 2.41. The quantitative estimate of drug-likeness (QED) is 0.575. The van der Waals surface area contributed by atoms with Gasteiger partial charge < -0.3 is 25.3 Å². The summed E-state index contributed by atoms with van der Waals surface area (Å²) in [5, 5.41) is 2.69. The van der Waals surface area contributed by atoms with Crippen LogP contribution in [0.4, 0.5) is 5.69 Å². The molecule has 0 radical (unpaired) electrons. The molecule has 18 heavy (non-hydrogen) atoms. The van der Waals surface area contributed by atoms with Crippen LogP contribution in [0.3, 0.4) is 0 Å². The van der Waals surface area contributed by atoms with E-state index in [1.165, 1.54) is 14.2 Å². The summed E-state index contributed by atoms with van der Waals surface area (Å²) < 4.78 is 15.0. The van der Waals surface area contributed by atoms with Crippen molar-refractivity contribution in [1.82, 2.24) is 5.32 Å². The number of rotatable bonds is 6. The molecule has 0 fully saturated rings. The van der Waals surface area contributed by atoms with Crippen molar-refractivity contribution in [1.29, 1.82) is 0 Å². The lowest BCUT2D eigenvalue weighted by Gasteiger charge is -2.12. The van der Waals surface area contributed by atoms with Gasteiger partial charge in [-0.1, -0.05) is 0 Å². The number of nitrogens with one attached hydrogen (secondary N) is 1. The number of carbonyl (C=O) groups is 1. The molecular formula is C12H18N2O4. The van der Waals surface area contributed by atoms with Crippen molar-refractivity contribution in [3.63, 3.8) is 0 Å². The van der Waals surface area contributed by atoms with Crippen LogP contribution in [0.1, 0.15) is 10.4 Å². The summed E-state index contributed by atoms with van der Waals surface area (Å²) in [7, 11) is 4.56. The Balaban J connectivity index is 2.95. The average Bonchev–Trinajstić information content (AvgIpc) is 2.39. The van der Waals surface area contributed by atoms with E-state index < -0.39 is 0 Å². The summed E-state index contributed by atoms with van der Waals surface area (Å²) in [6.07, 6.45) is 0. The molecule has 0 aliphatic heterocycles. The first-order valence-corrected chi connectivity index (χ1v) is 5.42. The maximum Gasteiger partial charge on any atom is 0.253 e. The Kier molecular flexibility index (Phi) is 5.26. The van der Waals surface area contributed by atoms with Crippen LogP contribution >= 0.6 is 0 Å². The molecule has 1 aromatic carbocycles. The Morgan fingerprint density at radius 3 is 2.56 bits per heavy atom. The Morgan fingerprint density at radius 1 is 1.28 bits per heavy atom. The lowest BCUT2D eigenvalue weighted by molar-refractivity contribution is 0.0937. The fourth-order valence-corrected chi connectivity index (χ4v) is 1.44. The van der Waals surface area contributed by atoms with Crippen molar-refractivity contribution < 1.29 is 19.0 Å². The van der Waals surface area contributed by atoms with Crippen molar-refractivity contribution in [3.05, 3.63) is 17.7 Å². The number of hydrogen-bond donors (Lipinski definition) is 2. The van der Waals surface area contributed by atoms with Gasteiger partial charge in [-0.05, 0) is 6.07 Å². The monoisotopic (exact) mass is 254 g/mol. The van der Waals surface area contributed by atoms with Gasteiger partial charge in [-0.25, -0.2) is 0 Å². The second-order valence-corrected chi connectivity index (χ2v) is 3.54. The molecule has 0 atom stereocenters. The lowest BCUT2D eigenvalue weighted by Crippen LogP contribution is -2.27. The molecule has 3 N–H and O–H groups in total. The van der Waals surface area contributed by atoms with E-state index >= 15 is 0 Å². The molecule has 0 unspecified atom stereocenters. The maximum atomic E-state index is 11.9. The van der Waals surface area contributed by atoms with Gasteiger partial charge in [-0.3, -0.25) is 4.79 Å². The molecule has 0 aliphatic carbocycles. The molecule has 1 aromatic rings. The molecule has 100 valence electrons. The summed E-state index contributed by atoms with van der Waals surface area (Å²) in [4.78, 5) is 11.9. The number of nitrogen functional groups attached to an aromatic ring is 1. The first-order chi connectivity index (χ1) is 8.63. The molecule has 0 spiro atoms. The van der Waals surface area contributed by atoms with E-state index in [1.54, 1.807) is 19.2 Å². The SMILES string of the molecule is COCCNC(=O)c1cc(OC)cc(OC)c1N. The minimum absolute atomic E-state index is 0.285. The van der Waals surface area contributed by atoms with E-state index in [2.05, 4.69) is 5.32 Å². The molecule has 0 saturated heterocycles. The van der Waals surface area contributed by atoms with E-state index in [1.807, 2.05) is 0 Å². The summed E-state index contributed by atoms with van der Waals surface area (Å²) in [5.41, 5.74) is 6.46. The predicted molar refractivity (Wildman–Crippen MR) is 68.2 cm³/mol. The molecule has 0 bridgehead atoms.